The summed E-state index contributed by atoms with van der Waals surface area (Å²) in [5, 5.41) is 15.7. The van der Waals surface area contributed by atoms with E-state index < -0.39 is 15.9 Å². The van der Waals surface area contributed by atoms with Crippen LogP contribution in [0, 0.1) is 0 Å². The summed E-state index contributed by atoms with van der Waals surface area (Å²) < 4.78 is 33.4. The number of anilines is 1. The number of amides is 1. The normalized spacial score (nSPS) is 11.3. The van der Waals surface area contributed by atoms with Gasteiger partial charge in [0.25, 0.3) is 11.8 Å². The second kappa shape index (κ2) is 7.34. The fourth-order valence-corrected chi connectivity index (χ4v) is 3.08. The fourth-order valence-electron chi connectivity index (χ4n) is 2.57. The van der Waals surface area contributed by atoms with Crippen molar-refractivity contribution in [2.45, 2.75) is 4.90 Å². The number of carbonyl (C=O) groups is 1. The molecular weight excluding hydrogens is 396 g/mol. The molecule has 2 aromatic heterocycles. The molecule has 1 amide bonds. The van der Waals surface area contributed by atoms with Crippen molar-refractivity contribution >= 4 is 21.6 Å². The molecule has 0 saturated heterocycles. The number of hydrogen-bond donors (Lipinski definition) is 2. The predicted octanol–water partition coefficient (Wildman–Crippen LogP) is 2.90. The van der Waals surface area contributed by atoms with Gasteiger partial charge in [-0.2, -0.15) is 0 Å². The Bertz CT molecular complexity index is 1260. The Hall–Kier alpha value is -3.76. The van der Waals surface area contributed by atoms with Gasteiger partial charge < -0.3 is 14.2 Å². The van der Waals surface area contributed by atoms with Gasteiger partial charge in [-0.3, -0.25) is 4.79 Å². The Morgan fingerprint density at radius 2 is 1.72 bits per heavy atom. The largest absolute Gasteiger partial charge is 0.459 e. The molecule has 29 heavy (non-hydrogen) atoms. The molecule has 9 nitrogen and oxygen atoms in total. The van der Waals surface area contributed by atoms with Crippen molar-refractivity contribution in [3.05, 3.63) is 72.5 Å². The minimum absolute atomic E-state index is 0.0696. The summed E-state index contributed by atoms with van der Waals surface area (Å²) in [4.78, 5) is 12.4. The van der Waals surface area contributed by atoms with Crippen LogP contribution in [0.3, 0.4) is 0 Å². The molecule has 2 heterocycles. The molecule has 0 aliphatic heterocycles. The van der Waals surface area contributed by atoms with E-state index in [0.29, 0.717) is 17.0 Å². The maximum Gasteiger partial charge on any atom is 0.283 e. The number of rotatable bonds is 5. The quantitative estimate of drug-likeness (QED) is 0.515. The van der Waals surface area contributed by atoms with Gasteiger partial charge in [0.2, 0.25) is 15.9 Å². The number of benzene rings is 2. The zero-order chi connectivity index (χ0) is 20.4. The van der Waals surface area contributed by atoms with Gasteiger partial charge in [-0.05, 0) is 54.6 Å². The van der Waals surface area contributed by atoms with E-state index in [9.17, 15) is 13.2 Å². The van der Waals surface area contributed by atoms with Gasteiger partial charge in [-0.1, -0.05) is 6.07 Å². The van der Waals surface area contributed by atoms with E-state index in [1.54, 1.807) is 36.4 Å². The summed E-state index contributed by atoms with van der Waals surface area (Å²) in [5.74, 6) is 0.556. The van der Waals surface area contributed by atoms with Crippen molar-refractivity contribution in [3.63, 3.8) is 0 Å². The summed E-state index contributed by atoms with van der Waals surface area (Å²) in [7, 11) is -3.82. The third kappa shape index (κ3) is 4.08. The average Bonchev–Trinajstić information content (AvgIpc) is 3.39. The van der Waals surface area contributed by atoms with Crippen LogP contribution in [0.15, 0.2) is 80.7 Å². The highest BCUT2D eigenvalue weighted by Gasteiger charge is 2.14. The number of carbonyl (C=O) groups excluding carboxylic acids is 1. The summed E-state index contributed by atoms with van der Waals surface area (Å²) >= 11 is 0. The molecule has 2 aromatic carbocycles. The van der Waals surface area contributed by atoms with Crippen molar-refractivity contribution in [3.8, 4) is 23.1 Å². The lowest BCUT2D eigenvalue weighted by Crippen LogP contribution is -2.14. The van der Waals surface area contributed by atoms with Gasteiger partial charge in [0.15, 0.2) is 5.76 Å². The molecule has 146 valence electrons. The Balaban J connectivity index is 1.52. The monoisotopic (exact) mass is 410 g/mol. The van der Waals surface area contributed by atoms with Crippen LogP contribution >= 0.6 is 0 Å². The summed E-state index contributed by atoms with van der Waals surface area (Å²) in [6.07, 6.45) is 1.50. The number of primary sulfonamides is 1. The second-order valence-electron chi connectivity index (χ2n) is 5.99. The molecule has 3 N–H and O–H groups in total. The van der Waals surface area contributed by atoms with E-state index in [-0.39, 0.29) is 22.2 Å². The zero-order valence-electron chi connectivity index (χ0n) is 14.8. The number of sulfonamides is 1. The van der Waals surface area contributed by atoms with Crippen LogP contribution in [0.25, 0.3) is 23.1 Å². The van der Waals surface area contributed by atoms with Crippen molar-refractivity contribution in [1.82, 2.24) is 10.2 Å². The highest BCUT2D eigenvalue weighted by atomic mass is 32.2. The smallest absolute Gasteiger partial charge is 0.283 e. The number of nitrogens with two attached hydrogens (primary N) is 1. The molecule has 4 aromatic rings. The Morgan fingerprint density at radius 1 is 0.966 bits per heavy atom. The molecule has 0 radical (unpaired) electrons. The minimum atomic E-state index is -3.82. The van der Waals surface area contributed by atoms with Crippen molar-refractivity contribution in [1.29, 1.82) is 0 Å². The first-order valence-corrected chi connectivity index (χ1v) is 9.87. The molecule has 0 aliphatic rings. The first-order valence-electron chi connectivity index (χ1n) is 8.32. The Morgan fingerprint density at radius 3 is 2.41 bits per heavy atom. The number of furan rings is 1. The van der Waals surface area contributed by atoms with Gasteiger partial charge in [-0.15, -0.1) is 10.2 Å². The van der Waals surface area contributed by atoms with E-state index in [0.717, 1.165) is 0 Å². The van der Waals surface area contributed by atoms with Gasteiger partial charge in [-0.25, -0.2) is 13.6 Å². The molecule has 10 heteroatoms. The fraction of sp³-hybridized carbons (Fsp3) is 0. The number of aromatic nitrogens is 2. The first-order chi connectivity index (χ1) is 13.9. The standard InChI is InChI=1S/C19H14N4O5S/c20-29(25,26)15-8-6-12(7-9-15)17(24)21-14-4-1-3-13(11-14)18-22-23-19(28-18)16-5-2-10-27-16/h1-11H,(H,21,24)(H2,20,25,26). The minimum Gasteiger partial charge on any atom is -0.459 e. The van der Waals surface area contributed by atoms with Gasteiger partial charge in [0.1, 0.15) is 0 Å². The zero-order valence-corrected chi connectivity index (χ0v) is 15.6. The van der Waals surface area contributed by atoms with Gasteiger partial charge >= 0.3 is 0 Å². The maximum atomic E-state index is 12.4. The predicted molar refractivity (Wildman–Crippen MR) is 103 cm³/mol. The molecule has 0 saturated carbocycles. The lowest BCUT2D eigenvalue weighted by molar-refractivity contribution is 0.102. The number of nitrogens with one attached hydrogen (secondary N) is 1. The van der Waals surface area contributed by atoms with E-state index >= 15 is 0 Å². The van der Waals surface area contributed by atoms with E-state index in [1.165, 1.54) is 30.5 Å². The molecule has 0 fully saturated rings. The maximum absolute atomic E-state index is 12.4. The topological polar surface area (TPSA) is 141 Å². The van der Waals surface area contributed by atoms with E-state index in [4.69, 9.17) is 14.0 Å². The van der Waals surface area contributed by atoms with Crippen LogP contribution in [-0.2, 0) is 10.0 Å². The molecular formula is C19H14N4O5S. The van der Waals surface area contributed by atoms with Crippen molar-refractivity contribution < 1.29 is 22.0 Å². The van der Waals surface area contributed by atoms with Crippen LogP contribution in [0.4, 0.5) is 5.69 Å². The third-order valence-electron chi connectivity index (χ3n) is 3.97. The van der Waals surface area contributed by atoms with Crippen molar-refractivity contribution in [2.24, 2.45) is 5.14 Å². The highest BCUT2D eigenvalue weighted by molar-refractivity contribution is 7.89. The van der Waals surface area contributed by atoms with Crippen LogP contribution in [0.5, 0.6) is 0 Å². The van der Waals surface area contributed by atoms with Crippen molar-refractivity contribution in [2.75, 3.05) is 5.32 Å². The Labute approximate surface area is 165 Å². The molecule has 0 bridgehead atoms. The lowest BCUT2D eigenvalue weighted by atomic mass is 10.1. The van der Waals surface area contributed by atoms with E-state index in [2.05, 4.69) is 15.5 Å². The van der Waals surface area contributed by atoms with Gasteiger partial charge in [0.05, 0.1) is 11.2 Å². The SMILES string of the molecule is NS(=O)(=O)c1ccc(C(=O)Nc2cccc(-c3nnc(-c4ccco4)o3)c2)cc1. The molecule has 0 unspecified atom stereocenters. The lowest BCUT2D eigenvalue weighted by Gasteiger charge is -2.07. The van der Waals surface area contributed by atoms with Gasteiger partial charge in [0, 0.05) is 16.8 Å². The Kier molecular flexibility index (Phi) is 4.71. The van der Waals surface area contributed by atoms with Crippen LogP contribution < -0.4 is 10.5 Å². The summed E-state index contributed by atoms with van der Waals surface area (Å²) in [6, 6.07) is 15.6. The molecule has 0 aliphatic carbocycles. The molecule has 4 rings (SSSR count). The number of hydrogen-bond acceptors (Lipinski definition) is 7. The summed E-state index contributed by atoms with van der Waals surface area (Å²) in [5.41, 5.74) is 1.39. The number of nitrogens with zero attached hydrogens (tertiary/aromatic N) is 2. The highest BCUT2D eigenvalue weighted by Crippen LogP contribution is 2.26. The summed E-state index contributed by atoms with van der Waals surface area (Å²) in [6.45, 7) is 0. The van der Waals surface area contributed by atoms with Crippen LogP contribution in [-0.4, -0.2) is 24.5 Å². The average molecular weight is 410 g/mol. The first kappa shape index (κ1) is 18.6. The second-order valence-corrected chi connectivity index (χ2v) is 7.56. The van der Waals surface area contributed by atoms with Crippen LogP contribution in [0.1, 0.15) is 10.4 Å². The molecule has 0 spiro atoms. The van der Waals surface area contributed by atoms with Crippen LogP contribution in [0.2, 0.25) is 0 Å². The van der Waals surface area contributed by atoms with E-state index in [1.807, 2.05) is 0 Å². The third-order valence-corrected chi connectivity index (χ3v) is 4.90. The molecule has 0 atom stereocenters.